The third kappa shape index (κ3) is 3.33. The third-order valence-electron chi connectivity index (χ3n) is 8.84. The number of allylic oxidation sites excluding steroid dienone is 1. The molecule has 0 bridgehead atoms. The van der Waals surface area contributed by atoms with Crippen molar-refractivity contribution < 1.29 is 0 Å². The first-order valence-corrected chi connectivity index (χ1v) is 13.1. The minimum Gasteiger partial charge on any atom is -0.342 e. The standard InChI is InChI=1S/C28H32N8O/c1-27(2)13-18(19-15-30-35(3)20(19)14-27)22-21-24(34-33-22)31-26(32-25(21)37)36-10-8-28(9-11-36)12-16-6-4-5-7-17(16)23(28)29/h4-7,13,15,23H,8-12,14,29H2,1-3H3,(H2,31,32,33,34,37)/t23-/m1/s1. The van der Waals surface area contributed by atoms with Crippen molar-refractivity contribution in [3.05, 3.63) is 75.0 Å². The smallest absolute Gasteiger partial charge is 0.264 e. The van der Waals surface area contributed by atoms with Gasteiger partial charge in [0.2, 0.25) is 5.95 Å². The summed E-state index contributed by atoms with van der Waals surface area (Å²) in [6, 6.07) is 8.60. The number of aromatic amines is 2. The van der Waals surface area contributed by atoms with Gasteiger partial charge in [0.25, 0.3) is 5.56 Å². The van der Waals surface area contributed by atoms with E-state index >= 15 is 0 Å². The van der Waals surface area contributed by atoms with Crippen LogP contribution in [0, 0.1) is 10.8 Å². The van der Waals surface area contributed by atoms with Gasteiger partial charge in [0.1, 0.15) is 5.39 Å². The van der Waals surface area contributed by atoms with Gasteiger partial charge in [-0.2, -0.15) is 15.2 Å². The van der Waals surface area contributed by atoms with Gasteiger partial charge in [-0.3, -0.25) is 19.6 Å². The number of nitrogens with two attached hydrogens (primary N) is 1. The number of H-pyrrole nitrogens is 2. The Labute approximate surface area is 214 Å². The molecule has 0 unspecified atom stereocenters. The van der Waals surface area contributed by atoms with Crippen molar-refractivity contribution in [2.45, 2.75) is 45.6 Å². The van der Waals surface area contributed by atoms with Gasteiger partial charge >= 0.3 is 0 Å². The second-order valence-electron chi connectivity index (χ2n) is 11.7. The highest BCUT2D eigenvalue weighted by molar-refractivity contribution is 5.94. The molecule has 190 valence electrons. The molecule has 1 saturated heterocycles. The van der Waals surface area contributed by atoms with Gasteiger partial charge in [-0.05, 0) is 47.6 Å². The summed E-state index contributed by atoms with van der Waals surface area (Å²) in [5.41, 5.74) is 13.5. The second kappa shape index (κ2) is 7.64. The first-order chi connectivity index (χ1) is 17.7. The van der Waals surface area contributed by atoms with Crippen LogP contribution in [-0.4, -0.2) is 43.0 Å². The Balaban J connectivity index is 1.20. The van der Waals surface area contributed by atoms with Gasteiger partial charge in [-0.25, -0.2) is 0 Å². The molecule has 1 aliphatic heterocycles. The minimum atomic E-state index is -0.177. The Morgan fingerprint density at radius 3 is 2.70 bits per heavy atom. The molecule has 3 aliphatic rings. The van der Waals surface area contributed by atoms with E-state index in [9.17, 15) is 4.79 Å². The first-order valence-electron chi connectivity index (χ1n) is 13.1. The normalized spacial score (nSPS) is 21.8. The predicted molar refractivity (Wildman–Crippen MR) is 143 cm³/mol. The van der Waals surface area contributed by atoms with E-state index in [1.807, 2.05) is 17.9 Å². The molecular formula is C28H32N8O. The molecule has 7 rings (SSSR count). The minimum absolute atomic E-state index is 0.0552. The average molecular weight is 497 g/mol. The number of benzene rings is 1. The van der Waals surface area contributed by atoms with Gasteiger partial charge in [0.15, 0.2) is 5.65 Å². The molecule has 0 saturated carbocycles. The van der Waals surface area contributed by atoms with Crippen molar-refractivity contribution in [2.24, 2.45) is 23.6 Å². The lowest BCUT2D eigenvalue weighted by atomic mass is 9.73. The molecule has 0 radical (unpaired) electrons. The van der Waals surface area contributed by atoms with Crippen LogP contribution in [0.1, 0.15) is 60.8 Å². The van der Waals surface area contributed by atoms with Crippen molar-refractivity contribution in [1.29, 1.82) is 0 Å². The molecule has 1 fully saturated rings. The van der Waals surface area contributed by atoms with Crippen LogP contribution in [-0.2, 0) is 19.9 Å². The molecule has 0 amide bonds. The zero-order valence-electron chi connectivity index (χ0n) is 21.5. The lowest BCUT2D eigenvalue weighted by Gasteiger charge is -2.42. The summed E-state index contributed by atoms with van der Waals surface area (Å²) < 4.78 is 1.92. The summed E-state index contributed by atoms with van der Waals surface area (Å²) in [5.74, 6) is 0.578. The summed E-state index contributed by atoms with van der Waals surface area (Å²) in [5, 5.41) is 12.6. The first kappa shape index (κ1) is 22.5. The van der Waals surface area contributed by atoms with E-state index in [0.29, 0.717) is 22.7 Å². The summed E-state index contributed by atoms with van der Waals surface area (Å²) >= 11 is 0. The molecule has 3 aromatic heterocycles. The number of anilines is 1. The maximum atomic E-state index is 13.4. The number of hydrogen-bond donors (Lipinski definition) is 3. The fourth-order valence-electron chi connectivity index (χ4n) is 6.79. The van der Waals surface area contributed by atoms with Crippen LogP contribution in [0.15, 0.2) is 41.3 Å². The van der Waals surface area contributed by atoms with Crippen LogP contribution in [0.3, 0.4) is 0 Å². The molecule has 4 aromatic rings. The van der Waals surface area contributed by atoms with Gasteiger partial charge < -0.3 is 10.6 Å². The Hall–Kier alpha value is -3.72. The van der Waals surface area contributed by atoms with Gasteiger partial charge in [-0.15, -0.1) is 0 Å². The van der Waals surface area contributed by atoms with Gasteiger partial charge in [0, 0.05) is 43.0 Å². The lowest BCUT2D eigenvalue weighted by Crippen LogP contribution is -2.45. The molecule has 2 aliphatic carbocycles. The van der Waals surface area contributed by atoms with Crippen molar-refractivity contribution >= 4 is 22.6 Å². The fraction of sp³-hybridized carbons (Fsp3) is 0.429. The molecule has 9 heteroatoms. The highest BCUT2D eigenvalue weighted by Crippen LogP contribution is 2.50. The van der Waals surface area contributed by atoms with E-state index in [1.165, 1.54) is 11.1 Å². The Bertz CT molecular complexity index is 1630. The quantitative estimate of drug-likeness (QED) is 0.392. The van der Waals surface area contributed by atoms with Crippen LogP contribution in [0.4, 0.5) is 5.95 Å². The summed E-state index contributed by atoms with van der Waals surface area (Å²) in [7, 11) is 1.96. The van der Waals surface area contributed by atoms with Crippen molar-refractivity contribution in [3.63, 3.8) is 0 Å². The van der Waals surface area contributed by atoms with E-state index in [2.05, 4.69) is 69.4 Å². The van der Waals surface area contributed by atoms with Crippen LogP contribution in [0.2, 0.25) is 0 Å². The average Bonchev–Trinajstić information content (AvgIpc) is 3.54. The third-order valence-corrected chi connectivity index (χ3v) is 8.84. The molecule has 37 heavy (non-hydrogen) atoms. The number of piperidine rings is 1. The van der Waals surface area contributed by atoms with E-state index < -0.39 is 0 Å². The predicted octanol–water partition coefficient (Wildman–Crippen LogP) is 3.24. The molecule has 1 spiro atoms. The van der Waals surface area contributed by atoms with E-state index in [1.54, 1.807) is 0 Å². The van der Waals surface area contributed by atoms with Crippen LogP contribution < -0.4 is 16.2 Å². The highest BCUT2D eigenvalue weighted by atomic mass is 16.1. The maximum Gasteiger partial charge on any atom is 0.264 e. The second-order valence-corrected chi connectivity index (χ2v) is 11.7. The van der Waals surface area contributed by atoms with E-state index in [-0.39, 0.29) is 22.4 Å². The Kier molecular flexibility index (Phi) is 4.64. The van der Waals surface area contributed by atoms with Crippen LogP contribution in [0.25, 0.3) is 16.6 Å². The summed E-state index contributed by atoms with van der Waals surface area (Å²) in [6.45, 7) is 5.98. The topological polar surface area (TPSA) is 122 Å². The largest absolute Gasteiger partial charge is 0.342 e. The van der Waals surface area contributed by atoms with Crippen molar-refractivity contribution in [3.8, 4) is 0 Å². The number of rotatable bonds is 2. The maximum absolute atomic E-state index is 13.4. The Morgan fingerprint density at radius 2 is 1.92 bits per heavy atom. The van der Waals surface area contributed by atoms with Crippen molar-refractivity contribution in [2.75, 3.05) is 18.0 Å². The molecular weight excluding hydrogens is 464 g/mol. The van der Waals surface area contributed by atoms with Crippen molar-refractivity contribution in [1.82, 2.24) is 29.9 Å². The summed E-state index contributed by atoms with van der Waals surface area (Å²) in [6.07, 6.45) is 7.91. The monoisotopic (exact) mass is 496 g/mol. The number of nitrogens with one attached hydrogen (secondary N) is 2. The number of aromatic nitrogens is 6. The van der Waals surface area contributed by atoms with Crippen LogP contribution in [0.5, 0.6) is 0 Å². The van der Waals surface area contributed by atoms with Gasteiger partial charge in [0.05, 0.1) is 11.9 Å². The highest BCUT2D eigenvalue weighted by Gasteiger charge is 2.46. The van der Waals surface area contributed by atoms with E-state index in [0.717, 1.165) is 55.6 Å². The molecule has 4 heterocycles. The van der Waals surface area contributed by atoms with E-state index in [4.69, 9.17) is 10.7 Å². The zero-order chi connectivity index (χ0) is 25.5. The van der Waals surface area contributed by atoms with Gasteiger partial charge in [-0.1, -0.05) is 44.2 Å². The SMILES string of the molecule is Cn1ncc2c1CC(C)(C)C=C2c1[nH]nc2nc(N3CCC4(CC3)Cc3ccccc3[C@H]4N)[nH]c(=O)c12. The molecule has 9 nitrogen and oxygen atoms in total. The molecule has 1 atom stereocenters. The number of hydrogen-bond acceptors (Lipinski definition) is 6. The summed E-state index contributed by atoms with van der Waals surface area (Å²) in [4.78, 5) is 23.5. The lowest BCUT2D eigenvalue weighted by molar-refractivity contribution is 0.187. The molecule has 1 aromatic carbocycles. The Morgan fingerprint density at radius 1 is 1.14 bits per heavy atom. The molecule has 4 N–H and O–H groups in total. The number of aryl methyl sites for hydroxylation is 1. The fourth-order valence-corrected chi connectivity index (χ4v) is 6.79. The zero-order valence-corrected chi connectivity index (χ0v) is 21.5. The number of fused-ring (bicyclic) bond motifs is 3. The number of nitrogens with zero attached hydrogens (tertiary/aromatic N) is 5. The van der Waals surface area contributed by atoms with Crippen LogP contribution >= 0.6 is 0 Å².